The summed E-state index contributed by atoms with van der Waals surface area (Å²) in [4.78, 5) is 41.9. The second kappa shape index (κ2) is 28.2. The molecule has 5 atom stereocenters. The van der Waals surface area contributed by atoms with Gasteiger partial charge >= 0.3 is 0 Å². The zero-order valence-electron chi connectivity index (χ0n) is 79.8. The molecule has 0 radical (unpaired) electrons. The minimum Gasteiger partial charge on any atom is -0.359 e. The zero-order chi connectivity index (χ0) is 89.3. The second-order valence-electron chi connectivity index (χ2n) is 35.2. The van der Waals surface area contributed by atoms with Crippen LogP contribution in [0.3, 0.4) is 0 Å². The van der Waals surface area contributed by atoms with Gasteiger partial charge in [0.05, 0.1) is 34.1 Å². The lowest BCUT2D eigenvalue weighted by Crippen LogP contribution is -2.35. The average Bonchev–Trinajstić information content (AvgIpc) is 1.58. The van der Waals surface area contributed by atoms with Gasteiger partial charge in [-0.1, -0.05) is 136 Å². The van der Waals surface area contributed by atoms with Crippen LogP contribution in [0.2, 0.25) is 0 Å². The van der Waals surface area contributed by atoms with Crippen LogP contribution < -0.4 is 24.5 Å². The summed E-state index contributed by atoms with van der Waals surface area (Å²) in [5.74, 6) is 0. The van der Waals surface area contributed by atoms with Crippen molar-refractivity contribution in [2.75, 3.05) is 59.5 Å². The summed E-state index contributed by atoms with van der Waals surface area (Å²) >= 11 is 0. The number of hydrogen-bond acceptors (Lipinski definition) is 15. The van der Waals surface area contributed by atoms with Crippen molar-refractivity contribution in [2.24, 2.45) is 0 Å². The molecule has 0 fully saturated rings. The first-order valence-electron chi connectivity index (χ1n) is 44.8. The van der Waals surface area contributed by atoms with E-state index in [4.69, 9.17) is 12.3 Å². The molecule has 590 valence electrons. The Labute approximate surface area is 696 Å². The first-order valence-corrected chi connectivity index (χ1v) is 40.3. The van der Waals surface area contributed by atoms with E-state index in [0.717, 1.165) is 50.6 Å². The van der Waals surface area contributed by atoms with Crippen LogP contribution in [0.25, 0.3) is 55.8 Å². The zero-order valence-corrected chi connectivity index (χ0v) is 70.8. The van der Waals surface area contributed by atoms with E-state index < -0.39 is 20.9 Å². The van der Waals surface area contributed by atoms with Crippen molar-refractivity contribution in [1.29, 1.82) is 0 Å². The highest BCUT2D eigenvalue weighted by Crippen LogP contribution is 2.59. The van der Waals surface area contributed by atoms with E-state index in [0.29, 0.717) is 12.3 Å². The number of hydrogen-bond donors (Lipinski definition) is 0. The third-order valence-corrected chi connectivity index (χ3v) is 26.7. The third-order valence-electron chi connectivity index (χ3n) is 26.7. The van der Waals surface area contributed by atoms with Gasteiger partial charge in [0.2, 0.25) is 0 Å². The Bertz CT molecular complexity index is 5590. The van der Waals surface area contributed by atoms with Crippen molar-refractivity contribution >= 4 is 28.4 Å². The summed E-state index contributed by atoms with van der Waals surface area (Å²) in [5, 5.41) is 0. The molecule has 15 heteroatoms. The van der Waals surface area contributed by atoms with Crippen molar-refractivity contribution in [3.05, 3.63) is 298 Å². The third kappa shape index (κ3) is 12.0. The number of fused-ring (bicyclic) bond motifs is 15. The molecule has 0 saturated carbocycles. The van der Waals surface area contributed by atoms with E-state index in [1.807, 2.05) is 101 Å². The van der Waals surface area contributed by atoms with Crippen molar-refractivity contribution in [2.45, 2.75) is 196 Å². The number of nitrogens with zero attached hydrogens (tertiary/aromatic N) is 15. The summed E-state index contributed by atoms with van der Waals surface area (Å²) < 4.78 is 70.0. The molecule has 10 aromatic rings. The molecule has 0 saturated heterocycles. The van der Waals surface area contributed by atoms with Gasteiger partial charge in [0.15, 0.2) is 0 Å². The summed E-state index contributed by atoms with van der Waals surface area (Å²) in [6.45, 7) is 37.1. The molecule has 0 unspecified atom stereocenters. The summed E-state index contributed by atoms with van der Waals surface area (Å²) in [7, 11) is 4.26. The highest BCUT2D eigenvalue weighted by atomic mass is 15.4. The van der Waals surface area contributed by atoms with Crippen molar-refractivity contribution in [3.8, 4) is 55.8 Å². The lowest BCUT2D eigenvalue weighted by atomic mass is 9.80. The minimum atomic E-state index is -2.16. The predicted octanol–water partition coefficient (Wildman–Crippen LogP) is 21.3. The van der Waals surface area contributed by atoms with Crippen LogP contribution in [-0.4, -0.2) is 115 Å². The Kier molecular flexibility index (Phi) is 16.4. The van der Waals surface area contributed by atoms with Crippen LogP contribution in [0.5, 0.6) is 0 Å². The van der Waals surface area contributed by atoms with Crippen molar-refractivity contribution in [1.82, 2.24) is 49.4 Å². The molecule has 0 amide bonds. The number of benzene rings is 5. The molecular weight excluding hydrogens is 1410 g/mol. The normalized spacial score (nSPS) is 22.3. The maximum absolute atomic E-state index is 7.78. The predicted molar refractivity (Wildman–Crippen MR) is 477 cm³/mol. The van der Waals surface area contributed by atoms with E-state index in [2.05, 4.69) is 307 Å². The largest absolute Gasteiger partial charge is 0.359 e. The maximum atomic E-state index is 7.78. The first-order chi connectivity index (χ1) is 58.3. The number of aromatic nitrogens is 5. The Morgan fingerprint density at radius 2 is 0.539 bits per heavy atom. The SMILES string of the molecule is Cc1ccc2c(c1N1C=CN(C)[C@@H]1C)C(C)(C)c1ccncc1-2.Cc1ccc2c(c1N1C=CN(C)[C@@H]1C)C(C)(C)c1cnccc1-2.[2H]C([2H])([2H])N1C=CN(c2c(C)ccc3c2C(C)(C)c2cccnc2-3)[C@H]1C.[2H]C([2H])([2H])N1C=CN(c2c(C)ccc3c2C(C)(C)c2ccncc2-3)[C@H]1C.[2H]C([2H])([2H])N1C=CN(c2c(C)ccc3c2C(C)(C)c2cnccc2-3)[C@H]1C. The average molecular weight is 1540 g/mol. The monoisotopic (exact) mass is 1540 g/mol. The lowest BCUT2D eigenvalue weighted by molar-refractivity contribution is 0.382. The molecule has 115 heavy (non-hydrogen) atoms. The Morgan fingerprint density at radius 1 is 0.270 bits per heavy atom. The van der Waals surface area contributed by atoms with Crippen LogP contribution in [0, 0.1) is 34.6 Å². The fourth-order valence-electron chi connectivity index (χ4n) is 19.9. The quantitative estimate of drug-likeness (QED) is 0.163. The molecule has 0 spiro atoms. The highest BCUT2D eigenvalue weighted by Gasteiger charge is 2.47. The van der Waals surface area contributed by atoms with Gasteiger partial charge in [-0.3, -0.25) is 24.9 Å². The van der Waals surface area contributed by atoms with E-state index in [1.54, 1.807) is 18.6 Å². The van der Waals surface area contributed by atoms with E-state index >= 15 is 0 Å². The van der Waals surface area contributed by atoms with Gasteiger partial charge < -0.3 is 49.0 Å². The summed E-state index contributed by atoms with van der Waals surface area (Å²) in [6.07, 6.45) is 36.4. The molecule has 10 aliphatic rings. The Morgan fingerprint density at radius 3 is 0.852 bits per heavy atom. The van der Waals surface area contributed by atoms with Crippen molar-refractivity contribution < 1.29 is 12.3 Å². The Hall–Kier alpha value is -11.5. The van der Waals surface area contributed by atoms with Gasteiger partial charge in [-0.15, -0.1) is 0 Å². The van der Waals surface area contributed by atoms with Crippen LogP contribution in [0.1, 0.15) is 200 Å². The van der Waals surface area contributed by atoms with E-state index in [1.165, 1.54) is 132 Å². The van der Waals surface area contributed by atoms with Gasteiger partial charge in [-0.2, -0.15) is 0 Å². The summed E-state index contributed by atoms with van der Waals surface area (Å²) in [6, 6.07) is 34.4. The number of pyridine rings is 5. The fraction of sp³-hybridized carbons (Fsp3) is 0.350. The summed E-state index contributed by atoms with van der Waals surface area (Å²) in [5.41, 5.74) is 36.6. The fourth-order valence-corrected chi connectivity index (χ4v) is 19.9. The molecule has 5 aliphatic heterocycles. The van der Waals surface area contributed by atoms with Gasteiger partial charge in [0, 0.05) is 209 Å². The molecule has 5 aromatic carbocycles. The number of aryl methyl sites for hydroxylation is 5. The first kappa shape index (κ1) is 66.9. The van der Waals surface area contributed by atoms with Gasteiger partial charge in [-0.05, 0) is 216 Å². The van der Waals surface area contributed by atoms with Crippen LogP contribution in [-0.2, 0) is 27.1 Å². The van der Waals surface area contributed by atoms with Crippen LogP contribution in [0.15, 0.2) is 215 Å². The molecule has 5 aromatic heterocycles. The standard InChI is InChI=1S/5C20H23N3/c2*1-13-6-7-16-15-8-9-21-12-17(15)20(3,4)18(16)19(13)23-11-10-22(5)14(23)2;2*1-13-6-7-15-16-12-21-9-8-17(16)20(3,4)18(15)19(13)23-11-10-22(5)14(23)2;1-13-8-9-15-17(19(13)23-12-11-22(5)14(23)2)20(3,4)16-7-6-10-21-18(15)16/h5*6-12,14H,1-5H3/t5*14-/m00000/s1/i5D3;;5D3;;5D3. The minimum absolute atomic E-state index is 0.0102. The Balaban J connectivity index is 0.000000115. The molecule has 15 nitrogen and oxygen atoms in total. The van der Waals surface area contributed by atoms with Crippen molar-refractivity contribution in [3.63, 3.8) is 0 Å². The maximum Gasteiger partial charge on any atom is 0.102 e. The highest BCUT2D eigenvalue weighted by molar-refractivity contribution is 5.92. The van der Waals surface area contributed by atoms with Gasteiger partial charge in [0.25, 0.3) is 0 Å². The number of anilines is 5. The number of rotatable bonds is 5. The molecule has 20 rings (SSSR count). The van der Waals surface area contributed by atoms with Crippen LogP contribution >= 0.6 is 0 Å². The van der Waals surface area contributed by atoms with Gasteiger partial charge in [0.1, 0.15) is 30.8 Å². The molecule has 10 heterocycles. The molecular formula is C100H115N15. The molecule has 0 N–H and O–H groups in total. The van der Waals surface area contributed by atoms with E-state index in [9.17, 15) is 0 Å². The van der Waals surface area contributed by atoms with Gasteiger partial charge in [-0.25, -0.2) is 0 Å². The lowest BCUT2D eigenvalue weighted by Gasteiger charge is -2.33. The second-order valence-corrected chi connectivity index (χ2v) is 35.2. The topological polar surface area (TPSA) is 96.8 Å². The van der Waals surface area contributed by atoms with E-state index in [-0.39, 0.29) is 45.6 Å². The smallest absolute Gasteiger partial charge is 0.102 e. The molecule has 0 bridgehead atoms. The van der Waals surface area contributed by atoms with Crippen LogP contribution in [0.4, 0.5) is 28.4 Å². The molecule has 5 aliphatic carbocycles.